The van der Waals surface area contributed by atoms with Gasteiger partial charge in [-0.25, -0.2) is 8.42 Å². The zero-order valence-corrected chi connectivity index (χ0v) is 12.9. The van der Waals surface area contributed by atoms with Gasteiger partial charge in [-0.05, 0) is 43.4 Å². The van der Waals surface area contributed by atoms with Gasteiger partial charge in [0.15, 0.2) is 0 Å². The number of nitrogens with zero attached hydrogens (tertiary/aromatic N) is 2. The van der Waals surface area contributed by atoms with Crippen LogP contribution >= 0.6 is 0 Å². The number of aryl methyl sites for hydroxylation is 1. The molecule has 0 spiro atoms. The fourth-order valence-electron chi connectivity index (χ4n) is 2.24. The lowest BCUT2D eigenvalue weighted by Gasteiger charge is -2.24. The van der Waals surface area contributed by atoms with Crippen molar-refractivity contribution < 1.29 is 8.42 Å². The standard InChI is InChI=1S/C15H20N2O2S/c1-11(2)10-17(14-6-7-14)20(18,19)15-8-13(9-16)5-4-12(15)3/h4-5,8,11,14H,6-7,10H2,1-3H3. The maximum Gasteiger partial charge on any atom is 0.243 e. The second-order valence-electron chi connectivity index (χ2n) is 5.79. The molecule has 0 unspecified atom stereocenters. The van der Waals surface area contributed by atoms with Crippen LogP contribution in [0.5, 0.6) is 0 Å². The normalized spacial score (nSPS) is 15.6. The molecule has 1 fully saturated rings. The Balaban J connectivity index is 2.45. The number of rotatable bonds is 5. The molecule has 0 saturated heterocycles. The van der Waals surface area contributed by atoms with Crippen molar-refractivity contribution in [3.05, 3.63) is 29.3 Å². The van der Waals surface area contributed by atoms with E-state index in [0.29, 0.717) is 17.7 Å². The molecule has 0 aromatic heterocycles. The van der Waals surface area contributed by atoms with Crippen LogP contribution in [0.1, 0.15) is 37.8 Å². The Morgan fingerprint density at radius 1 is 1.40 bits per heavy atom. The third-order valence-corrected chi connectivity index (χ3v) is 5.46. The Kier molecular flexibility index (Phi) is 4.17. The fourth-order valence-corrected chi connectivity index (χ4v) is 4.34. The first-order chi connectivity index (χ1) is 9.36. The summed E-state index contributed by atoms with van der Waals surface area (Å²) in [5, 5.41) is 8.97. The molecule has 5 heteroatoms. The van der Waals surface area contributed by atoms with Gasteiger partial charge >= 0.3 is 0 Å². The minimum atomic E-state index is -3.51. The van der Waals surface area contributed by atoms with Gasteiger partial charge in [0.1, 0.15) is 0 Å². The van der Waals surface area contributed by atoms with Gasteiger partial charge in [-0.15, -0.1) is 0 Å². The number of nitriles is 1. The van der Waals surface area contributed by atoms with Crippen LogP contribution in [0.15, 0.2) is 23.1 Å². The highest BCUT2D eigenvalue weighted by Crippen LogP contribution is 2.33. The smallest absolute Gasteiger partial charge is 0.207 e. The summed E-state index contributed by atoms with van der Waals surface area (Å²) in [6, 6.07) is 6.98. The number of hydrogen-bond donors (Lipinski definition) is 0. The van der Waals surface area contributed by atoms with Gasteiger partial charge in [0, 0.05) is 12.6 Å². The van der Waals surface area contributed by atoms with E-state index in [1.807, 2.05) is 19.9 Å². The molecule has 2 rings (SSSR count). The van der Waals surface area contributed by atoms with Crippen LogP contribution in [0.4, 0.5) is 0 Å². The van der Waals surface area contributed by atoms with Gasteiger partial charge in [-0.2, -0.15) is 9.57 Å². The second-order valence-corrected chi connectivity index (χ2v) is 7.65. The molecule has 108 valence electrons. The summed E-state index contributed by atoms with van der Waals surface area (Å²) in [6.45, 7) is 6.34. The Morgan fingerprint density at radius 2 is 2.05 bits per heavy atom. The van der Waals surface area contributed by atoms with Crippen molar-refractivity contribution in [3.63, 3.8) is 0 Å². The van der Waals surface area contributed by atoms with Crippen molar-refractivity contribution in [1.82, 2.24) is 4.31 Å². The van der Waals surface area contributed by atoms with Crippen LogP contribution < -0.4 is 0 Å². The maximum atomic E-state index is 12.9. The van der Waals surface area contributed by atoms with Crippen LogP contribution in [0.25, 0.3) is 0 Å². The first-order valence-electron chi connectivity index (χ1n) is 6.89. The molecule has 20 heavy (non-hydrogen) atoms. The molecule has 1 aromatic carbocycles. The SMILES string of the molecule is Cc1ccc(C#N)cc1S(=O)(=O)N(CC(C)C)C1CC1. The van der Waals surface area contributed by atoms with E-state index >= 15 is 0 Å². The van der Waals surface area contributed by atoms with Crippen molar-refractivity contribution in [2.45, 2.75) is 44.6 Å². The molecule has 1 aliphatic rings. The third kappa shape index (κ3) is 3.02. The second kappa shape index (κ2) is 5.55. The average Bonchev–Trinajstić information content (AvgIpc) is 3.20. The summed E-state index contributed by atoms with van der Waals surface area (Å²) in [4.78, 5) is 0.268. The van der Waals surface area contributed by atoms with E-state index in [4.69, 9.17) is 5.26 Å². The molecule has 1 aliphatic carbocycles. The van der Waals surface area contributed by atoms with Crippen molar-refractivity contribution >= 4 is 10.0 Å². The van der Waals surface area contributed by atoms with E-state index < -0.39 is 10.0 Å². The summed E-state index contributed by atoms with van der Waals surface area (Å²) in [6.07, 6.45) is 1.87. The fraction of sp³-hybridized carbons (Fsp3) is 0.533. The van der Waals surface area contributed by atoms with E-state index in [1.165, 1.54) is 6.07 Å². The van der Waals surface area contributed by atoms with E-state index in [-0.39, 0.29) is 16.9 Å². The van der Waals surface area contributed by atoms with E-state index in [0.717, 1.165) is 12.8 Å². The Bertz CT molecular complexity index is 640. The van der Waals surface area contributed by atoms with Crippen molar-refractivity contribution in [2.75, 3.05) is 6.54 Å². The average molecular weight is 292 g/mol. The third-order valence-electron chi connectivity index (χ3n) is 3.40. The Morgan fingerprint density at radius 3 is 2.55 bits per heavy atom. The largest absolute Gasteiger partial charge is 0.243 e. The number of hydrogen-bond acceptors (Lipinski definition) is 3. The van der Waals surface area contributed by atoms with Crippen LogP contribution in [-0.4, -0.2) is 25.3 Å². The van der Waals surface area contributed by atoms with Crippen LogP contribution in [0, 0.1) is 24.2 Å². The molecule has 0 N–H and O–H groups in total. The van der Waals surface area contributed by atoms with Gasteiger partial charge in [0.25, 0.3) is 0 Å². The zero-order chi connectivity index (χ0) is 14.9. The van der Waals surface area contributed by atoms with Crippen LogP contribution in [0.3, 0.4) is 0 Å². The Labute approximate surface area is 121 Å². The van der Waals surface area contributed by atoms with Crippen LogP contribution in [0.2, 0.25) is 0 Å². The lowest BCUT2D eigenvalue weighted by atomic mass is 10.2. The van der Waals surface area contributed by atoms with Crippen LogP contribution in [-0.2, 0) is 10.0 Å². The zero-order valence-electron chi connectivity index (χ0n) is 12.1. The summed E-state index contributed by atoms with van der Waals surface area (Å²) >= 11 is 0. The van der Waals surface area contributed by atoms with E-state index in [9.17, 15) is 8.42 Å². The quantitative estimate of drug-likeness (QED) is 0.838. The molecule has 1 saturated carbocycles. The lowest BCUT2D eigenvalue weighted by molar-refractivity contribution is 0.360. The molecule has 0 aliphatic heterocycles. The monoisotopic (exact) mass is 292 g/mol. The number of sulfonamides is 1. The topological polar surface area (TPSA) is 61.2 Å². The predicted octanol–water partition coefficient (Wildman–Crippen LogP) is 2.68. The summed E-state index contributed by atoms with van der Waals surface area (Å²) in [5.41, 5.74) is 1.08. The maximum absolute atomic E-state index is 12.9. The highest BCUT2D eigenvalue weighted by atomic mass is 32.2. The van der Waals surface area contributed by atoms with E-state index in [2.05, 4.69) is 0 Å². The summed E-state index contributed by atoms with van der Waals surface area (Å²) in [5.74, 6) is 0.282. The van der Waals surface area contributed by atoms with Crippen molar-refractivity contribution in [1.29, 1.82) is 5.26 Å². The summed E-state index contributed by atoms with van der Waals surface area (Å²) < 4.78 is 27.3. The van der Waals surface area contributed by atoms with Gasteiger partial charge in [0.2, 0.25) is 10.0 Å². The molecule has 0 atom stereocenters. The van der Waals surface area contributed by atoms with E-state index in [1.54, 1.807) is 23.4 Å². The molecule has 0 bridgehead atoms. The highest BCUT2D eigenvalue weighted by Gasteiger charge is 2.38. The first kappa shape index (κ1) is 15.0. The molecular formula is C15H20N2O2S. The van der Waals surface area contributed by atoms with Crippen molar-refractivity contribution in [3.8, 4) is 6.07 Å². The lowest BCUT2D eigenvalue weighted by Crippen LogP contribution is -2.36. The Hall–Kier alpha value is -1.38. The number of benzene rings is 1. The molecular weight excluding hydrogens is 272 g/mol. The van der Waals surface area contributed by atoms with Crippen molar-refractivity contribution in [2.24, 2.45) is 5.92 Å². The predicted molar refractivity (Wildman–Crippen MR) is 77.6 cm³/mol. The molecule has 0 heterocycles. The molecule has 0 radical (unpaired) electrons. The van der Waals surface area contributed by atoms with Gasteiger partial charge in [-0.3, -0.25) is 0 Å². The minimum Gasteiger partial charge on any atom is -0.207 e. The minimum absolute atomic E-state index is 0.132. The van der Waals surface area contributed by atoms with Gasteiger partial charge in [0.05, 0.1) is 16.5 Å². The highest BCUT2D eigenvalue weighted by molar-refractivity contribution is 7.89. The molecule has 1 aromatic rings. The first-order valence-corrected chi connectivity index (χ1v) is 8.33. The molecule has 4 nitrogen and oxygen atoms in total. The van der Waals surface area contributed by atoms with Gasteiger partial charge in [-0.1, -0.05) is 19.9 Å². The molecule has 0 amide bonds. The van der Waals surface area contributed by atoms with Gasteiger partial charge < -0.3 is 0 Å². The summed E-state index contributed by atoms with van der Waals surface area (Å²) in [7, 11) is -3.51.